The van der Waals surface area contributed by atoms with E-state index in [1.54, 1.807) is 6.07 Å². The Hall–Kier alpha value is -3.35. The van der Waals surface area contributed by atoms with Crippen LogP contribution in [0.15, 0.2) is 51.3 Å². The van der Waals surface area contributed by atoms with Gasteiger partial charge < -0.3 is 13.6 Å². The van der Waals surface area contributed by atoms with Crippen LogP contribution >= 0.6 is 0 Å². The Kier molecular flexibility index (Phi) is 6.05. The van der Waals surface area contributed by atoms with Crippen LogP contribution in [0.3, 0.4) is 0 Å². The van der Waals surface area contributed by atoms with E-state index in [1.807, 2.05) is 65.8 Å². The largest absolute Gasteiger partial charge is 0.465 e. The summed E-state index contributed by atoms with van der Waals surface area (Å²) < 4.78 is 17.1. The molecule has 0 bridgehead atoms. The molecule has 7 heteroatoms. The molecule has 2 aromatic heterocycles. The van der Waals surface area contributed by atoms with Gasteiger partial charge in [-0.1, -0.05) is 47.6 Å². The summed E-state index contributed by atoms with van der Waals surface area (Å²) in [5, 5.41) is 12.0. The Morgan fingerprint density at radius 1 is 0.906 bits per heavy atom. The van der Waals surface area contributed by atoms with Crippen molar-refractivity contribution in [2.75, 3.05) is 7.11 Å². The van der Waals surface area contributed by atoms with E-state index in [9.17, 15) is 14.9 Å². The maximum Gasteiger partial charge on any atom is 0.338 e. The van der Waals surface area contributed by atoms with Crippen molar-refractivity contribution in [2.45, 2.75) is 58.3 Å². The molecule has 0 saturated heterocycles. The average molecular weight is 440 g/mol. The van der Waals surface area contributed by atoms with Crippen molar-refractivity contribution in [1.29, 1.82) is 0 Å². The Morgan fingerprint density at radius 3 is 1.78 bits per heavy atom. The minimum absolute atomic E-state index is 0.103. The van der Waals surface area contributed by atoms with E-state index < -0.39 is 16.8 Å². The minimum Gasteiger partial charge on any atom is -0.465 e. The van der Waals surface area contributed by atoms with Crippen molar-refractivity contribution in [3.05, 3.63) is 86.7 Å². The fourth-order valence-electron chi connectivity index (χ4n) is 3.46. The summed E-state index contributed by atoms with van der Waals surface area (Å²) in [5.41, 5.74) is -0.203. The molecule has 0 atom stereocenters. The van der Waals surface area contributed by atoms with Gasteiger partial charge in [-0.15, -0.1) is 0 Å². The number of methoxy groups -OCH3 is 1. The highest BCUT2D eigenvalue weighted by molar-refractivity contribution is 5.90. The molecule has 3 rings (SSSR count). The van der Waals surface area contributed by atoms with E-state index in [-0.39, 0.29) is 22.1 Å². The number of esters is 1. The van der Waals surface area contributed by atoms with Gasteiger partial charge >= 0.3 is 5.97 Å². The maximum atomic E-state index is 12.0. The number of carbonyl (C=O) groups is 1. The molecule has 0 aliphatic rings. The number of hydrogen-bond donors (Lipinski definition) is 0. The molecule has 0 saturated carbocycles. The zero-order valence-corrected chi connectivity index (χ0v) is 19.5. The van der Waals surface area contributed by atoms with Crippen molar-refractivity contribution >= 4 is 11.7 Å². The molecule has 0 amide bonds. The van der Waals surface area contributed by atoms with Crippen LogP contribution in [-0.2, 0) is 15.6 Å². The van der Waals surface area contributed by atoms with Gasteiger partial charge in [-0.2, -0.15) is 0 Å². The van der Waals surface area contributed by atoms with E-state index in [2.05, 4.69) is 0 Å². The van der Waals surface area contributed by atoms with Gasteiger partial charge in [0.2, 0.25) is 0 Å². The SMILES string of the molecule is COC(=O)c1ccc(C(c2ccc(C(C)(C)C)o2)c2ccc(C(C)(C)C)o2)c([N+](=O)[O-])c1. The van der Waals surface area contributed by atoms with E-state index in [4.69, 9.17) is 13.6 Å². The molecule has 0 fully saturated rings. The Morgan fingerprint density at radius 2 is 1.41 bits per heavy atom. The summed E-state index contributed by atoms with van der Waals surface area (Å²) in [6.45, 7) is 12.2. The molecule has 0 N–H and O–H groups in total. The molecule has 32 heavy (non-hydrogen) atoms. The van der Waals surface area contributed by atoms with Gasteiger partial charge in [-0.3, -0.25) is 10.1 Å². The van der Waals surface area contributed by atoms with Crippen LogP contribution in [0, 0.1) is 10.1 Å². The van der Waals surface area contributed by atoms with Crippen LogP contribution in [0.1, 0.15) is 86.4 Å². The van der Waals surface area contributed by atoms with Crippen molar-refractivity contribution in [1.82, 2.24) is 0 Å². The third kappa shape index (κ3) is 4.61. The first-order valence-corrected chi connectivity index (χ1v) is 10.4. The lowest BCUT2D eigenvalue weighted by molar-refractivity contribution is -0.385. The van der Waals surface area contributed by atoms with Crippen LogP contribution < -0.4 is 0 Å². The number of nitro benzene ring substituents is 1. The Bertz CT molecular complexity index is 1090. The highest BCUT2D eigenvalue weighted by Crippen LogP contribution is 2.41. The maximum absolute atomic E-state index is 12.0. The zero-order valence-electron chi connectivity index (χ0n) is 19.5. The lowest BCUT2D eigenvalue weighted by atomic mass is 9.91. The average Bonchev–Trinajstić information content (AvgIpc) is 3.37. The van der Waals surface area contributed by atoms with Gasteiger partial charge in [0.25, 0.3) is 5.69 Å². The van der Waals surface area contributed by atoms with E-state index in [0.717, 1.165) is 11.5 Å². The summed E-state index contributed by atoms with van der Waals surface area (Å²) in [7, 11) is 1.23. The summed E-state index contributed by atoms with van der Waals surface area (Å²) in [6, 6.07) is 11.7. The van der Waals surface area contributed by atoms with Crippen LogP contribution in [0.25, 0.3) is 0 Å². The predicted octanol–water partition coefficient (Wildman–Crippen LogP) is 6.34. The van der Waals surface area contributed by atoms with E-state index in [1.165, 1.54) is 19.2 Å². The second-order valence-electron chi connectivity index (χ2n) is 9.86. The topological polar surface area (TPSA) is 95.7 Å². The van der Waals surface area contributed by atoms with Crippen molar-refractivity contribution < 1.29 is 23.3 Å². The molecule has 2 heterocycles. The molecular formula is C25H29NO6. The normalized spacial score (nSPS) is 12.2. The second kappa shape index (κ2) is 8.30. The Balaban J connectivity index is 2.23. The fourth-order valence-corrected chi connectivity index (χ4v) is 3.46. The molecule has 0 spiro atoms. The monoisotopic (exact) mass is 439 g/mol. The van der Waals surface area contributed by atoms with Gasteiger partial charge in [0.1, 0.15) is 29.0 Å². The number of nitrogens with zero attached hydrogens (tertiary/aromatic N) is 1. The third-order valence-electron chi connectivity index (χ3n) is 5.26. The standard InChI is InChI=1S/C25H29NO6/c1-24(2,3)20-12-10-18(31-20)22(19-11-13-21(32-19)25(4,5)6)16-9-8-15(23(27)30-7)14-17(16)26(28)29/h8-14,22H,1-7H3. The number of rotatable bonds is 5. The Labute approximate surface area is 187 Å². The van der Waals surface area contributed by atoms with Crippen molar-refractivity contribution in [3.8, 4) is 0 Å². The van der Waals surface area contributed by atoms with Gasteiger partial charge in [0, 0.05) is 22.5 Å². The predicted molar refractivity (Wildman–Crippen MR) is 120 cm³/mol. The second-order valence-corrected chi connectivity index (χ2v) is 9.86. The van der Waals surface area contributed by atoms with Gasteiger partial charge in [0.05, 0.1) is 17.6 Å². The molecule has 0 unspecified atom stereocenters. The van der Waals surface area contributed by atoms with Crippen LogP contribution in [-0.4, -0.2) is 18.0 Å². The molecule has 7 nitrogen and oxygen atoms in total. The highest BCUT2D eigenvalue weighted by atomic mass is 16.6. The molecule has 1 aromatic carbocycles. The highest BCUT2D eigenvalue weighted by Gasteiger charge is 2.33. The first-order valence-electron chi connectivity index (χ1n) is 10.4. The summed E-state index contributed by atoms with van der Waals surface area (Å²) in [6.07, 6.45) is 0. The molecule has 0 aliphatic heterocycles. The van der Waals surface area contributed by atoms with E-state index in [0.29, 0.717) is 17.1 Å². The number of benzene rings is 1. The lowest BCUT2D eigenvalue weighted by Gasteiger charge is -2.18. The molecule has 3 aromatic rings. The van der Waals surface area contributed by atoms with Crippen molar-refractivity contribution in [3.63, 3.8) is 0 Å². The van der Waals surface area contributed by atoms with E-state index >= 15 is 0 Å². The number of ether oxygens (including phenoxy) is 1. The molecule has 0 aliphatic carbocycles. The summed E-state index contributed by atoms with van der Waals surface area (Å²) >= 11 is 0. The molecule has 0 radical (unpaired) electrons. The lowest BCUT2D eigenvalue weighted by Crippen LogP contribution is -2.11. The molecular weight excluding hydrogens is 410 g/mol. The summed E-state index contributed by atoms with van der Waals surface area (Å²) in [5.74, 6) is 1.27. The van der Waals surface area contributed by atoms with Crippen LogP contribution in [0.2, 0.25) is 0 Å². The first kappa shape index (κ1) is 23.3. The van der Waals surface area contributed by atoms with Gasteiger partial charge in [0.15, 0.2) is 0 Å². The fraction of sp³-hybridized carbons (Fsp3) is 0.400. The number of nitro groups is 1. The minimum atomic E-state index is -0.658. The van der Waals surface area contributed by atoms with Crippen molar-refractivity contribution in [2.24, 2.45) is 0 Å². The zero-order chi connectivity index (χ0) is 23.8. The third-order valence-corrected chi connectivity index (χ3v) is 5.26. The van der Waals surface area contributed by atoms with Gasteiger partial charge in [-0.25, -0.2) is 4.79 Å². The van der Waals surface area contributed by atoms with Gasteiger partial charge in [-0.05, 0) is 30.3 Å². The van der Waals surface area contributed by atoms with Crippen LogP contribution in [0.5, 0.6) is 0 Å². The number of furan rings is 2. The first-order chi connectivity index (χ1) is 14.8. The molecule has 170 valence electrons. The number of carbonyl (C=O) groups excluding carboxylic acids is 1. The van der Waals surface area contributed by atoms with Crippen LogP contribution in [0.4, 0.5) is 5.69 Å². The summed E-state index contributed by atoms with van der Waals surface area (Å²) in [4.78, 5) is 23.4. The number of hydrogen-bond acceptors (Lipinski definition) is 6. The quantitative estimate of drug-likeness (QED) is 0.261. The smallest absolute Gasteiger partial charge is 0.338 e.